The molecule has 4 rings (SSSR count). The number of carbonyl (C=O) groups is 2. The Labute approximate surface area is 165 Å². The number of esters is 1. The maximum Gasteiger partial charge on any atom is 0.346 e. The van der Waals surface area contributed by atoms with Gasteiger partial charge in [-0.15, -0.1) is 0 Å². The average Bonchev–Trinajstić information content (AvgIpc) is 3.01. The van der Waals surface area contributed by atoms with E-state index in [2.05, 4.69) is 0 Å². The molecule has 0 bridgehead atoms. The predicted molar refractivity (Wildman–Crippen MR) is 102 cm³/mol. The van der Waals surface area contributed by atoms with Crippen molar-refractivity contribution in [3.63, 3.8) is 0 Å². The van der Waals surface area contributed by atoms with Gasteiger partial charge in [0.05, 0.1) is 11.1 Å². The fourth-order valence-electron chi connectivity index (χ4n) is 3.01. The van der Waals surface area contributed by atoms with E-state index in [9.17, 15) is 18.4 Å². The Bertz CT molecular complexity index is 1180. The smallest absolute Gasteiger partial charge is 0.346 e. The minimum Gasteiger partial charge on any atom is -0.452 e. The molecule has 3 aromatic carbocycles. The van der Waals surface area contributed by atoms with E-state index >= 15 is 0 Å². The van der Waals surface area contributed by atoms with Gasteiger partial charge < -0.3 is 9.47 Å². The van der Waals surface area contributed by atoms with Gasteiger partial charge >= 0.3 is 5.97 Å². The third-order valence-corrected chi connectivity index (χ3v) is 4.48. The van der Waals surface area contributed by atoms with Crippen LogP contribution in [0.4, 0.5) is 8.78 Å². The molecule has 0 amide bonds. The number of hydrogen-bond acceptors (Lipinski definition) is 4. The summed E-state index contributed by atoms with van der Waals surface area (Å²) in [6.07, 6.45) is 1.44. The van der Waals surface area contributed by atoms with Crippen molar-refractivity contribution in [3.8, 4) is 11.5 Å². The largest absolute Gasteiger partial charge is 0.452 e. The number of allylic oxidation sites excluding steroid dienone is 1. The zero-order valence-electron chi connectivity index (χ0n) is 15.2. The van der Waals surface area contributed by atoms with Gasteiger partial charge in [0.1, 0.15) is 23.1 Å². The van der Waals surface area contributed by atoms with Crippen molar-refractivity contribution in [1.29, 1.82) is 0 Å². The molecule has 144 valence electrons. The van der Waals surface area contributed by atoms with Crippen molar-refractivity contribution in [3.05, 3.63) is 100 Å². The summed E-state index contributed by atoms with van der Waals surface area (Å²) in [4.78, 5) is 24.9. The first-order chi connectivity index (χ1) is 13.9. The first kappa shape index (κ1) is 18.6. The van der Waals surface area contributed by atoms with Crippen molar-refractivity contribution in [2.75, 3.05) is 0 Å². The number of fused-ring (bicyclic) bond motifs is 1. The highest BCUT2D eigenvalue weighted by Gasteiger charge is 2.30. The van der Waals surface area contributed by atoms with Crippen LogP contribution in [0.25, 0.3) is 6.08 Å². The summed E-state index contributed by atoms with van der Waals surface area (Å²) in [6, 6.07) is 14.2. The molecule has 0 unspecified atom stereocenters. The molecule has 1 heterocycles. The highest BCUT2D eigenvalue weighted by Crippen LogP contribution is 2.39. The van der Waals surface area contributed by atoms with E-state index < -0.39 is 17.6 Å². The van der Waals surface area contributed by atoms with Crippen LogP contribution in [0.2, 0.25) is 0 Å². The maximum absolute atomic E-state index is 13.8. The average molecular weight is 392 g/mol. The lowest BCUT2D eigenvalue weighted by Gasteiger charge is -2.10. The van der Waals surface area contributed by atoms with Gasteiger partial charge in [0.25, 0.3) is 0 Å². The molecule has 0 aromatic heterocycles. The number of hydrogen-bond donors (Lipinski definition) is 0. The lowest BCUT2D eigenvalue weighted by atomic mass is 10.1. The predicted octanol–water partition coefficient (Wildman–Crippen LogP) is 5.11. The van der Waals surface area contributed by atoms with Crippen LogP contribution in [-0.2, 0) is 0 Å². The summed E-state index contributed by atoms with van der Waals surface area (Å²) in [5.74, 6) is -1.91. The van der Waals surface area contributed by atoms with Crippen LogP contribution in [0.15, 0.2) is 66.4 Å². The Hall–Kier alpha value is -3.80. The molecule has 0 fully saturated rings. The van der Waals surface area contributed by atoms with Gasteiger partial charge in [-0.25, -0.2) is 13.6 Å². The van der Waals surface area contributed by atoms with Crippen LogP contribution >= 0.6 is 0 Å². The van der Waals surface area contributed by atoms with Crippen molar-refractivity contribution in [2.45, 2.75) is 6.92 Å². The first-order valence-electron chi connectivity index (χ1n) is 8.74. The quantitative estimate of drug-likeness (QED) is 0.353. The molecule has 0 radical (unpaired) electrons. The Morgan fingerprint density at radius 1 is 1.03 bits per heavy atom. The second kappa shape index (κ2) is 7.31. The van der Waals surface area contributed by atoms with E-state index in [1.54, 1.807) is 13.0 Å². The zero-order valence-corrected chi connectivity index (χ0v) is 15.2. The lowest BCUT2D eigenvalue weighted by Crippen LogP contribution is -2.11. The Morgan fingerprint density at radius 2 is 1.83 bits per heavy atom. The third kappa shape index (κ3) is 3.52. The molecule has 29 heavy (non-hydrogen) atoms. The molecule has 3 aromatic rings. The number of rotatable bonds is 3. The highest BCUT2D eigenvalue weighted by molar-refractivity contribution is 6.15. The van der Waals surface area contributed by atoms with E-state index in [0.717, 1.165) is 6.07 Å². The number of ketones is 1. The SMILES string of the molecule is Cc1c(OC(=O)c2ccccc2F)ccc2c1O/C(=C\c1cccc(F)c1)C2=O. The minimum atomic E-state index is -0.856. The molecule has 1 aliphatic heterocycles. The summed E-state index contributed by atoms with van der Waals surface area (Å²) in [5, 5.41) is 0. The van der Waals surface area contributed by atoms with Crippen molar-refractivity contribution < 1.29 is 27.8 Å². The summed E-state index contributed by atoms with van der Waals surface area (Å²) >= 11 is 0. The maximum atomic E-state index is 13.8. The van der Waals surface area contributed by atoms with Crippen LogP contribution in [-0.4, -0.2) is 11.8 Å². The molecule has 0 N–H and O–H groups in total. The number of halogens is 2. The normalized spacial score (nSPS) is 13.9. The van der Waals surface area contributed by atoms with E-state index in [1.807, 2.05) is 0 Å². The summed E-state index contributed by atoms with van der Waals surface area (Å²) < 4.78 is 38.1. The lowest BCUT2D eigenvalue weighted by molar-refractivity contribution is 0.0728. The molecule has 4 nitrogen and oxygen atoms in total. The number of ether oxygens (including phenoxy) is 2. The van der Waals surface area contributed by atoms with E-state index in [0.29, 0.717) is 16.7 Å². The summed E-state index contributed by atoms with van der Waals surface area (Å²) in [6.45, 7) is 1.63. The van der Waals surface area contributed by atoms with Crippen molar-refractivity contribution in [1.82, 2.24) is 0 Å². The third-order valence-electron chi connectivity index (χ3n) is 4.48. The summed E-state index contributed by atoms with van der Waals surface area (Å²) in [5.41, 5.74) is 1.00. The molecule has 1 aliphatic rings. The van der Waals surface area contributed by atoms with Gasteiger partial charge in [-0.05, 0) is 55.0 Å². The van der Waals surface area contributed by atoms with E-state index in [1.165, 1.54) is 54.6 Å². The number of carbonyl (C=O) groups excluding carboxylic acids is 2. The Morgan fingerprint density at radius 3 is 2.59 bits per heavy atom. The van der Waals surface area contributed by atoms with Gasteiger partial charge in [-0.2, -0.15) is 0 Å². The summed E-state index contributed by atoms with van der Waals surface area (Å²) in [7, 11) is 0. The highest BCUT2D eigenvalue weighted by atomic mass is 19.1. The molecule has 0 spiro atoms. The Kier molecular flexibility index (Phi) is 4.68. The molecule has 0 saturated heterocycles. The second-order valence-electron chi connectivity index (χ2n) is 6.43. The van der Waals surface area contributed by atoms with Crippen LogP contribution in [0.1, 0.15) is 31.8 Å². The Balaban J connectivity index is 1.63. The van der Waals surface area contributed by atoms with Crippen molar-refractivity contribution >= 4 is 17.8 Å². The van der Waals surface area contributed by atoms with Gasteiger partial charge in [0.15, 0.2) is 5.76 Å². The monoisotopic (exact) mass is 392 g/mol. The van der Waals surface area contributed by atoms with Crippen LogP contribution < -0.4 is 9.47 Å². The van der Waals surface area contributed by atoms with Gasteiger partial charge in [0.2, 0.25) is 5.78 Å². The van der Waals surface area contributed by atoms with Crippen molar-refractivity contribution in [2.24, 2.45) is 0 Å². The first-order valence-corrected chi connectivity index (χ1v) is 8.74. The molecular formula is C23H14F2O4. The molecule has 0 saturated carbocycles. The zero-order chi connectivity index (χ0) is 20.5. The van der Waals surface area contributed by atoms with E-state index in [-0.39, 0.29) is 28.6 Å². The topological polar surface area (TPSA) is 52.6 Å². The number of benzene rings is 3. The van der Waals surface area contributed by atoms with Crippen LogP contribution in [0, 0.1) is 18.6 Å². The molecule has 0 aliphatic carbocycles. The fourth-order valence-corrected chi connectivity index (χ4v) is 3.01. The van der Waals surface area contributed by atoms with Gasteiger partial charge in [-0.1, -0.05) is 24.3 Å². The minimum absolute atomic E-state index is 0.0336. The van der Waals surface area contributed by atoms with Crippen LogP contribution in [0.5, 0.6) is 11.5 Å². The fraction of sp³-hybridized carbons (Fsp3) is 0.0435. The standard InChI is InChI=1S/C23H14F2O4/c1-13-19(29-23(27)16-7-2-3-8-18(16)25)10-9-17-21(26)20(28-22(13)17)12-14-5-4-6-15(24)11-14/h2-12H,1H3/b20-12-. The van der Waals surface area contributed by atoms with Gasteiger partial charge in [-0.3, -0.25) is 4.79 Å². The second-order valence-corrected chi connectivity index (χ2v) is 6.43. The van der Waals surface area contributed by atoms with Gasteiger partial charge in [0, 0.05) is 5.56 Å². The molecule has 0 atom stereocenters. The van der Waals surface area contributed by atoms with Crippen LogP contribution in [0.3, 0.4) is 0 Å². The number of Topliss-reactive ketones (excluding diaryl/α,β-unsaturated/α-hetero) is 1. The van der Waals surface area contributed by atoms with E-state index in [4.69, 9.17) is 9.47 Å². The molecule has 6 heteroatoms. The molecular weight excluding hydrogens is 378 g/mol.